The normalized spacial score (nSPS) is 21.1. The highest BCUT2D eigenvalue weighted by molar-refractivity contribution is 7.99. The Labute approximate surface area is 429 Å². The number of nitro groups is 1. The number of ketones is 3. The van der Waals surface area contributed by atoms with Crippen molar-refractivity contribution in [2.75, 3.05) is 20.8 Å². The van der Waals surface area contributed by atoms with Crippen LogP contribution in [0.2, 0.25) is 0 Å². The maximum Gasteiger partial charge on any atom is 0.396 e. The van der Waals surface area contributed by atoms with E-state index in [0.717, 1.165) is 33.8 Å². The highest BCUT2D eigenvalue weighted by Crippen LogP contribution is 2.52. The van der Waals surface area contributed by atoms with E-state index in [0.29, 0.717) is 21.2 Å². The molecule has 4 heterocycles. The number of nitrogens with two attached hydrogens (primary N) is 1. The average Bonchev–Trinajstić information content (AvgIpc) is 4.04. The molecule has 0 radical (unpaired) electrons. The number of carbonyl (C=O) groups excluding carboxylic acids is 3. The number of Topliss-reactive ketones (excluding diaryl/α,β-unsaturated/α-hetero) is 1. The van der Waals surface area contributed by atoms with E-state index >= 15 is 0 Å². The maximum absolute atomic E-state index is 13.6. The number of hydrogen-bond donors (Lipinski definition) is 8. The van der Waals surface area contributed by atoms with Crippen LogP contribution in [0.3, 0.4) is 0 Å². The van der Waals surface area contributed by atoms with Crippen molar-refractivity contribution in [1.29, 1.82) is 0 Å². The molecule has 7 atom stereocenters. The van der Waals surface area contributed by atoms with Crippen LogP contribution in [0, 0.1) is 10.1 Å². The lowest BCUT2D eigenvalue weighted by molar-refractivity contribution is -0.392. The Bertz CT molecular complexity index is 3390. The van der Waals surface area contributed by atoms with E-state index in [9.17, 15) is 54.8 Å². The van der Waals surface area contributed by atoms with Crippen LogP contribution in [0.25, 0.3) is 21.9 Å². The van der Waals surface area contributed by atoms with Crippen molar-refractivity contribution in [3.8, 4) is 23.0 Å². The third-order valence-electron chi connectivity index (χ3n) is 13.2. The summed E-state index contributed by atoms with van der Waals surface area (Å²) in [6, 6.07) is 15.1. The van der Waals surface area contributed by atoms with Gasteiger partial charge in [0.2, 0.25) is 12.1 Å². The molecule has 3 aliphatic rings. The largest absolute Gasteiger partial charge is 0.507 e. The van der Waals surface area contributed by atoms with Crippen molar-refractivity contribution in [1.82, 2.24) is 29.5 Å². The quantitative estimate of drug-likeness (QED) is 0.0390. The van der Waals surface area contributed by atoms with Gasteiger partial charge >= 0.3 is 11.8 Å². The molecule has 392 valence electrons. The molecule has 0 unspecified atom stereocenters. The van der Waals surface area contributed by atoms with Crippen molar-refractivity contribution in [2.24, 2.45) is 12.8 Å². The summed E-state index contributed by atoms with van der Waals surface area (Å²) in [5.74, 6) is -4.46. The number of aromatic hydroxyl groups is 2. The van der Waals surface area contributed by atoms with Gasteiger partial charge in [0.25, 0.3) is 0 Å². The van der Waals surface area contributed by atoms with Gasteiger partial charge in [0, 0.05) is 49.0 Å². The van der Waals surface area contributed by atoms with Crippen molar-refractivity contribution in [3.05, 3.63) is 123 Å². The smallest absolute Gasteiger partial charge is 0.396 e. The summed E-state index contributed by atoms with van der Waals surface area (Å²) in [5, 5.41) is 76.6. The van der Waals surface area contributed by atoms with Gasteiger partial charge in [-0.15, -0.1) is 0 Å². The number of carboxylic acids is 1. The lowest BCUT2D eigenvalue weighted by Crippen LogP contribution is -2.53. The van der Waals surface area contributed by atoms with Gasteiger partial charge < -0.3 is 75.0 Å². The number of aliphatic hydroxyl groups excluding tert-OH is 2. The molecule has 1 fully saturated rings. The third-order valence-corrected chi connectivity index (χ3v) is 14.3. The molecule has 10 rings (SSSR count). The molecular formula is C50H50N8O16S. The lowest BCUT2D eigenvalue weighted by atomic mass is 9.72. The summed E-state index contributed by atoms with van der Waals surface area (Å²) in [6.07, 6.45) is -0.858. The fourth-order valence-electron chi connectivity index (χ4n) is 9.09. The number of hydrogen-bond acceptors (Lipinski definition) is 21. The van der Waals surface area contributed by atoms with Crippen LogP contribution in [0.15, 0.2) is 83.6 Å². The summed E-state index contributed by atoms with van der Waals surface area (Å²) in [4.78, 5) is 79.8. The number of nitrogens with one attached hydrogen (secondary N) is 1. The Hall–Kier alpha value is -7.91. The van der Waals surface area contributed by atoms with Crippen molar-refractivity contribution in [3.63, 3.8) is 0 Å². The number of aliphatic hydroxyl groups is 3. The van der Waals surface area contributed by atoms with Gasteiger partial charge in [0.1, 0.15) is 52.1 Å². The van der Waals surface area contributed by atoms with Gasteiger partial charge in [-0.3, -0.25) is 19.2 Å². The second-order valence-electron chi connectivity index (χ2n) is 17.8. The number of aryl methyl sites for hydroxylation is 1. The molecule has 4 aromatic carbocycles. The number of phenolic OH excluding ortho intramolecular Hbond substituents is 2. The van der Waals surface area contributed by atoms with E-state index in [1.165, 1.54) is 44.3 Å². The second kappa shape index (κ2) is 21.5. The Balaban J connectivity index is 0.000000171. The third kappa shape index (κ3) is 10.2. The van der Waals surface area contributed by atoms with E-state index < -0.39 is 112 Å². The number of rotatable bonds is 11. The summed E-state index contributed by atoms with van der Waals surface area (Å²) in [7, 11) is 4.64. The number of phenols is 2. The molecule has 7 aromatic rings. The molecule has 0 saturated carbocycles. The zero-order valence-electron chi connectivity index (χ0n) is 40.7. The first-order valence-corrected chi connectivity index (χ1v) is 23.8. The molecule has 0 spiro atoms. The van der Waals surface area contributed by atoms with E-state index in [-0.39, 0.29) is 40.2 Å². The molecule has 24 nitrogen and oxygen atoms in total. The highest BCUT2D eigenvalue weighted by Gasteiger charge is 2.50. The first kappa shape index (κ1) is 53.4. The number of fused-ring (bicyclic) bond motifs is 5. The van der Waals surface area contributed by atoms with Gasteiger partial charge in [-0.05, 0) is 70.1 Å². The Morgan fingerprint density at radius 3 is 2.41 bits per heavy atom. The number of carbonyl (C=O) groups is 4. The van der Waals surface area contributed by atoms with Crippen LogP contribution in [-0.2, 0) is 32.5 Å². The number of aromatic nitrogens is 6. The number of imidazole rings is 2. The van der Waals surface area contributed by atoms with Gasteiger partial charge in [0.05, 0.1) is 61.5 Å². The first-order valence-electron chi connectivity index (χ1n) is 23.0. The number of methoxy groups -OCH3 is 2. The number of aromatic amines is 1. The van der Waals surface area contributed by atoms with E-state index in [2.05, 4.69) is 24.9 Å². The maximum atomic E-state index is 13.6. The summed E-state index contributed by atoms with van der Waals surface area (Å²) < 4.78 is 23.7. The van der Waals surface area contributed by atoms with Crippen LogP contribution in [0.1, 0.15) is 87.2 Å². The fraction of sp³-hybridized carbons (Fsp3) is 0.320. The topological polar surface area (TPSA) is 368 Å². The van der Waals surface area contributed by atoms with Crippen LogP contribution in [0.4, 0.5) is 5.82 Å². The molecule has 0 bridgehead atoms. The van der Waals surface area contributed by atoms with Crippen LogP contribution in [0.5, 0.6) is 23.0 Å². The molecule has 75 heavy (non-hydrogen) atoms. The van der Waals surface area contributed by atoms with Crippen molar-refractivity contribution < 1.29 is 73.7 Å². The van der Waals surface area contributed by atoms with Crippen LogP contribution in [-0.4, -0.2) is 139 Å². The van der Waals surface area contributed by atoms with Crippen LogP contribution < -0.4 is 15.2 Å². The van der Waals surface area contributed by atoms with Gasteiger partial charge in [-0.1, -0.05) is 36.4 Å². The van der Waals surface area contributed by atoms with E-state index in [1.54, 1.807) is 32.6 Å². The number of aliphatic carboxylic acids is 1. The molecule has 1 saturated heterocycles. The molecular weight excluding hydrogens is 1000 g/mol. The Kier molecular flexibility index (Phi) is 15.3. The SMILES string of the molecule is COc1ccc2cc([C@H](C)C(=O)O)ccc2c1.COc1cccc2c1C(=O)c1c(O)c3c(c(O)c1C2=O)C[C@@](O)(C(=O)CO)C[C@@H]3O[C@H]1C[C@H](N)[C@@H](O)[C@H](C)O1.Cn1cnc([N+](=O)[O-])c1Sc1ncnc2nc[nH]c12. The van der Waals surface area contributed by atoms with Gasteiger partial charge in [0.15, 0.2) is 28.5 Å². The Morgan fingerprint density at radius 2 is 1.73 bits per heavy atom. The van der Waals surface area contributed by atoms with Crippen molar-refractivity contribution >= 4 is 62.8 Å². The monoisotopic (exact) mass is 1050 g/mol. The molecule has 3 aromatic heterocycles. The predicted octanol–water partition coefficient (Wildman–Crippen LogP) is 4.18. The summed E-state index contributed by atoms with van der Waals surface area (Å²) in [5.41, 5.74) is 4.35. The minimum absolute atomic E-state index is 0.0173. The zero-order valence-corrected chi connectivity index (χ0v) is 41.5. The minimum atomic E-state index is -2.24. The molecule has 0 amide bonds. The zero-order chi connectivity index (χ0) is 54.2. The summed E-state index contributed by atoms with van der Waals surface area (Å²) in [6.45, 7) is 2.25. The molecule has 1 aliphatic heterocycles. The first-order chi connectivity index (χ1) is 35.7. The minimum Gasteiger partial charge on any atom is -0.507 e. The molecule has 9 N–H and O–H groups in total. The number of H-pyrrole nitrogens is 1. The number of benzene rings is 4. The number of nitrogens with zero attached hydrogens (tertiary/aromatic N) is 6. The second-order valence-corrected chi connectivity index (χ2v) is 18.8. The Morgan fingerprint density at radius 1 is 1.01 bits per heavy atom. The fourth-order valence-corrected chi connectivity index (χ4v) is 10.0. The van der Waals surface area contributed by atoms with Gasteiger partial charge in [-0.25, -0.2) is 15.0 Å². The van der Waals surface area contributed by atoms with Gasteiger partial charge in [-0.2, -0.15) is 0 Å². The van der Waals surface area contributed by atoms with E-state index in [1.807, 2.05) is 36.4 Å². The molecule has 25 heteroatoms. The standard InChI is InChI=1S/C27H29NO11.C14H14O3.C9H7N7O2S/c1-10-22(31)13(28)6-17(38-10)39-15-8-27(36,16(30)9-29)7-12-19(15)26(35)21-20(24(12)33)23(32)11-4-3-5-14(37-2)18(11)25(21)34;1-9(14(15)16)10-3-4-12-8-13(17-2)6-5-11(12)7-10;1-15-4-14-7(16(17)18)9(15)19-8-5-6(11-2-10-5)12-3-13-8/h3-5,10,13,15,17,22,29,31,33,35-36H,6-9,28H2,1-2H3;3-9H,1-2H3,(H,15,16);2-4H,1H3,(H,10,11,12,13)/t10-,13-,15-,17-,22-,27-;9-;/m00./s1. The summed E-state index contributed by atoms with van der Waals surface area (Å²) >= 11 is 1.15. The lowest BCUT2D eigenvalue weighted by Gasteiger charge is -2.42. The average molecular weight is 1050 g/mol. The van der Waals surface area contributed by atoms with Crippen molar-refractivity contribution in [2.45, 2.75) is 85.3 Å². The van der Waals surface area contributed by atoms with Crippen LogP contribution >= 0.6 is 11.8 Å². The highest BCUT2D eigenvalue weighted by atomic mass is 32.2. The molecule has 2 aliphatic carbocycles. The van der Waals surface area contributed by atoms with E-state index in [4.69, 9.17) is 29.8 Å². The number of carboxylic acid groups (broad SMARTS) is 1. The predicted molar refractivity (Wildman–Crippen MR) is 264 cm³/mol. The number of ether oxygens (including phenoxy) is 4.